The first kappa shape index (κ1) is 29.8. The minimum absolute atomic E-state index is 0.150. The van der Waals surface area contributed by atoms with Crippen molar-refractivity contribution in [3.05, 3.63) is 145 Å². The monoisotopic (exact) mass is 630 g/mol. The SMILES string of the molecule is CCCCCCCCn1c(=O)c2cc3c(=O)n(-c4ccc(-c5c6ccccc6cc6cc7ccccc7cc56)cc4)c(=O)c3cc2c1=O. The predicted molar refractivity (Wildman–Crippen MR) is 198 cm³/mol. The van der Waals surface area contributed by atoms with Crippen LogP contribution >= 0.6 is 0 Å². The zero-order valence-electron chi connectivity index (χ0n) is 26.8. The van der Waals surface area contributed by atoms with Gasteiger partial charge in [-0.1, -0.05) is 99.7 Å². The maximum atomic E-state index is 13.7. The molecule has 0 saturated carbocycles. The highest BCUT2D eigenvalue weighted by Gasteiger charge is 2.20. The fraction of sp³-hybridized carbons (Fsp3) is 0.190. The van der Waals surface area contributed by atoms with E-state index < -0.39 is 22.2 Å². The average Bonchev–Trinajstić information content (AvgIpc) is 3.50. The first-order valence-electron chi connectivity index (χ1n) is 16.8. The van der Waals surface area contributed by atoms with E-state index >= 15 is 0 Å². The van der Waals surface area contributed by atoms with Gasteiger partial charge in [0, 0.05) is 6.54 Å². The van der Waals surface area contributed by atoms with Crippen LogP contribution in [0.15, 0.2) is 122 Å². The van der Waals surface area contributed by atoms with Crippen LogP contribution in [-0.4, -0.2) is 9.13 Å². The van der Waals surface area contributed by atoms with Crippen LogP contribution in [0, 0.1) is 0 Å². The lowest BCUT2D eigenvalue weighted by Crippen LogP contribution is -2.25. The minimum Gasteiger partial charge on any atom is -0.274 e. The normalized spacial score (nSPS) is 11.9. The van der Waals surface area contributed by atoms with E-state index in [0.29, 0.717) is 12.2 Å². The molecular weight excluding hydrogens is 596 g/mol. The number of aromatic nitrogens is 2. The van der Waals surface area contributed by atoms with E-state index in [9.17, 15) is 19.2 Å². The Labute approximate surface area is 275 Å². The topological polar surface area (TPSA) is 78.1 Å². The van der Waals surface area contributed by atoms with Crippen LogP contribution in [0.25, 0.3) is 70.7 Å². The van der Waals surface area contributed by atoms with Crippen LogP contribution in [0.2, 0.25) is 0 Å². The quantitative estimate of drug-likeness (QED) is 0.119. The minimum atomic E-state index is -0.498. The highest BCUT2D eigenvalue weighted by Crippen LogP contribution is 2.38. The molecule has 48 heavy (non-hydrogen) atoms. The molecule has 0 unspecified atom stereocenters. The summed E-state index contributed by atoms with van der Waals surface area (Å²) in [5.41, 5.74) is 0.691. The van der Waals surface area contributed by atoms with E-state index in [2.05, 4.69) is 49.4 Å². The molecule has 0 aliphatic carbocycles. The second kappa shape index (κ2) is 11.9. The van der Waals surface area contributed by atoms with Crippen molar-refractivity contribution in [3.8, 4) is 16.8 Å². The summed E-state index contributed by atoms with van der Waals surface area (Å²) in [6, 6.07) is 33.6. The van der Waals surface area contributed by atoms with E-state index in [-0.39, 0.29) is 21.5 Å². The number of unbranched alkanes of at least 4 members (excludes halogenated alkanes) is 5. The summed E-state index contributed by atoms with van der Waals surface area (Å²) in [6.45, 7) is 2.50. The molecule has 0 atom stereocenters. The van der Waals surface area contributed by atoms with E-state index in [1.54, 1.807) is 12.1 Å². The van der Waals surface area contributed by atoms with Crippen molar-refractivity contribution >= 4 is 53.9 Å². The third-order valence-corrected chi connectivity index (χ3v) is 9.85. The van der Waals surface area contributed by atoms with E-state index in [1.807, 2.05) is 36.4 Å². The van der Waals surface area contributed by atoms with Gasteiger partial charge < -0.3 is 0 Å². The summed E-state index contributed by atoms with van der Waals surface area (Å²) >= 11 is 0. The molecule has 0 fully saturated rings. The van der Waals surface area contributed by atoms with Crippen LogP contribution in [0.1, 0.15) is 45.4 Å². The van der Waals surface area contributed by atoms with Gasteiger partial charge in [0.05, 0.1) is 27.2 Å². The van der Waals surface area contributed by atoms with Gasteiger partial charge in [-0.2, -0.15) is 0 Å². The molecule has 236 valence electrons. The predicted octanol–water partition coefficient (Wildman–Crippen LogP) is 8.39. The van der Waals surface area contributed by atoms with Gasteiger partial charge in [-0.3, -0.25) is 23.7 Å². The molecule has 6 nitrogen and oxygen atoms in total. The van der Waals surface area contributed by atoms with Gasteiger partial charge in [0.25, 0.3) is 22.2 Å². The third-order valence-electron chi connectivity index (χ3n) is 9.85. The number of nitrogens with zero attached hydrogens (tertiary/aromatic N) is 2. The lowest BCUT2D eigenvalue weighted by Gasteiger charge is -2.14. The molecule has 8 aromatic rings. The van der Waals surface area contributed by atoms with Gasteiger partial charge in [0.1, 0.15) is 0 Å². The molecule has 0 saturated heterocycles. The first-order chi connectivity index (χ1) is 23.4. The molecule has 6 aromatic carbocycles. The molecule has 0 aliphatic rings. The van der Waals surface area contributed by atoms with Crippen LogP contribution < -0.4 is 22.2 Å². The third kappa shape index (κ3) is 4.79. The number of hydrogen-bond acceptors (Lipinski definition) is 4. The zero-order valence-corrected chi connectivity index (χ0v) is 26.8. The summed E-state index contributed by atoms with van der Waals surface area (Å²) in [5.74, 6) is 0. The average molecular weight is 631 g/mol. The van der Waals surface area contributed by atoms with Crippen molar-refractivity contribution in [2.24, 2.45) is 0 Å². The molecule has 0 radical (unpaired) electrons. The molecule has 0 spiro atoms. The van der Waals surface area contributed by atoms with Gasteiger partial charge in [-0.05, 0) is 92.3 Å². The second-order valence-corrected chi connectivity index (χ2v) is 12.9. The fourth-order valence-electron chi connectivity index (χ4n) is 7.36. The fourth-order valence-corrected chi connectivity index (χ4v) is 7.36. The number of hydrogen-bond donors (Lipinski definition) is 0. The Kier molecular flexibility index (Phi) is 7.36. The smallest absolute Gasteiger partial charge is 0.266 e. The molecule has 0 amide bonds. The summed E-state index contributed by atoms with van der Waals surface area (Å²) in [5, 5.41) is 7.51. The van der Waals surface area contributed by atoms with Crippen LogP contribution in [0.3, 0.4) is 0 Å². The lowest BCUT2D eigenvalue weighted by molar-refractivity contribution is 0.547. The number of fused-ring (bicyclic) bond motifs is 5. The van der Waals surface area contributed by atoms with Crippen LogP contribution in [0.5, 0.6) is 0 Å². The molecule has 0 N–H and O–H groups in total. The number of benzene rings is 6. The molecule has 0 bridgehead atoms. The summed E-state index contributed by atoms with van der Waals surface area (Å²) < 4.78 is 2.40. The maximum Gasteiger partial charge on any atom is 0.266 e. The maximum absolute atomic E-state index is 13.7. The van der Waals surface area contributed by atoms with Crippen molar-refractivity contribution in [2.75, 3.05) is 0 Å². The summed E-state index contributed by atoms with van der Waals surface area (Å²) in [6.07, 6.45) is 6.24. The Balaban J connectivity index is 1.20. The highest BCUT2D eigenvalue weighted by molar-refractivity contribution is 6.15. The molecule has 8 rings (SSSR count). The number of rotatable bonds is 9. The van der Waals surface area contributed by atoms with E-state index in [4.69, 9.17) is 0 Å². The highest BCUT2D eigenvalue weighted by atomic mass is 16.2. The van der Waals surface area contributed by atoms with Crippen molar-refractivity contribution in [1.82, 2.24) is 9.13 Å². The molecule has 0 aliphatic heterocycles. The van der Waals surface area contributed by atoms with E-state index in [0.717, 1.165) is 74.7 Å². The Morgan fingerprint density at radius 2 is 1.00 bits per heavy atom. The Morgan fingerprint density at radius 3 is 1.67 bits per heavy atom. The van der Waals surface area contributed by atoms with Crippen molar-refractivity contribution in [2.45, 2.75) is 52.0 Å². The van der Waals surface area contributed by atoms with Crippen molar-refractivity contribution < 1.29 is 0 Å². The molecule has 6 heteroatoms. The molecule has 2 heterocycles. The lowest BCUT2D eigenvalue weighted by atomic mass is 9.90. The van der Waals surface area contributed by atoms with E-state index in [1.165, 1.54) is 28.5 Å². The molecular formula is C42H34N2O4. The van der Waals surface area contributed by atoms with Gasteiger partial charge in [0.2, 0.25) is 0 Å². The Bertz CT molecular complexity index is 2660. The van der Waals surface area contributed by atoms with Crippen molar-refractivity contribution in [1.29, 1.82) is 0 Å². The van der Waals surface area contributed by atoms with Crippen LogP contribution in [0.4, 0.5) is 0 Å². The second-order valence-electron chi connectivity index (χ2n) is 12.9. The van der Waals surface area contributed by atoms with Gasteiger partial charge in [-0.25, -0.2) is 4.57 Å². The van der Waals surface area contributed by atoms with Gasteiger partial charge >= 0.3 is 0 Å². The van der Waals surface area contributed by atoms with Gasteiger partial charge in [0.15, 0.2) is 0 Å². The molecule has 2 aromatic heterocycles. The van der Waals surface area contributed by atoms with Crippen LogP contribution in [-0.2, 0) is 6.54 Å². The van der Waals surface area contributed by atoms with Crippen molar-refractivity contribution in [3.63, 3.8) is 0 Å². The standard InChI is InChI=1S/C42H34N2O4/c1-2-3-4-5-6-11-20-43-39(45)34-24-36-37(25-35(34)40(43)46)42(48)44(41(36)47)31-18-16-26(17-19-31)38-32-15-10-9-14-29(32)22-30-21-27-12-7-8-13-28(27)23-33(30)38/h7-10,12-19,21-25H,2-6,11,20H2,1H3. The first-order valence-corrected chi connectivity index (χ1v) is 16.8. The Hall–Kier alpha value is -5.62. The van der Waals surface area contributed by atoms with Gasteiger partial charge in [-0.15, -0.1) is 0 Å². The largest absolute Gasteiger partial charge is 0.274 e. The summed E-state index contributed by atoms with van der Waals surface area (Å²) in [7, 11) is 0. The zero-order chi connectivity index (χ0) is 32.9. The summed E-state index contributed by atoms with van der Waals surface area (Å²) in [4.78, 5) is 53.9. The Morgan fingerprint density at radius 1 is 0.458 bits per heavy atom.